The second kappa shape index (κ2) is 8.56. The molecule has 3 nitrogen and oxygen atoms in total. The van der Waals surface area contributed by atoms with Crippen LogP contribution >= 0.6 is 0 Å². The van der Waals surface area contributed by atoms with E-state index in [1.54, 1.807) is 13.8 Å². The van der Waals surface area contributed by atoms with E-state index in [4.69, 9.17) is 9.15 Å². The molecule has 0 fully saturated rings. The average Bonchev–Trinajstić information content (AvgIpc) is 2.49. The lowest BCUT2D eigenvalue weighted by Crippen LogP contribution is -2.12. The number of rotatable bonds is 6. The Hall–Kier alpha value is -2.03. The van der Waals surface area contributed by atoms with Gasteiger partial charge in [-0.15, -0.1) is 0 Å². The highest BCUT2D eigenvalue weighted by molar-refractivity contribution is 5.65. The van der Waals surface area contributed by atoms with Gasteiger partial charge in [0.25, 0.3) is 5.95 Å². The molecule has 23 heavy (non-hydrogen) atoms. The third kappa shape index (κ3) is 5.27. The zero-order valence-corrected chi connectivity index (χ0v) is 15.3. The predicted octanol–water partition coefficient (Wildman–Crippen LogP) is 5.22. The third-order valence-electron chi connectivity index (χ3n) is 3.61. The van der Waals surface area contributed by atoms with Crippen LogP contribution in [-0.2, 0) is 0 Å². The van der Waals surface area contributed by atoms with Crippen LogP contribution in [-0.4, -0.2) is 7.11 Å². The largest absolute Gasteiger partial charge is 0.468 e. The monoisotopic (exact) mass is 316 g/mol. The fourth-order valence-corrected chi connectivity index (χ4v) is 2.32. The Kier molecular flexibility index (Phi) is 7.08. The normalized spacial score (nSPS) is 13.2. The molecule has 3 heteroatoms. The van der Waals surface area contributed by atoms with Crippen molar-refractivity contribution < 1.29 is 9.15 Å². The highest BCUT2D eigenvalue weighted by atomic mass is 16.6. The summed E-state index contributed by atoms with van der Waals surface area (Å²) in [6.07, 6.45) is 9.37. The van der Waals surface area contributed by atoms with Crippen LogP contribution in [0.2, 0.25) is 0 Å². The molecular weight excluding hydrogens is 288 g/mol. The van der Waals surface area contributed by atoms with Gasteiger partial charge in [-0.05, 0) is 45.6 Å². The van der Waals surface area contributed by atoms with Gasteiger partial charge in [0.15, 0.2) is 5.43 Å². The van der Waals surface area contributed by atoms with Gasteiger partial charge in [-0.25, -0.2) is 0 Å². The molecule has 126 valence electrons. The number of ether oxygens (including phenoxy) is 1. The molecule has 0 saturated heterocycles. The van der Waals surface area contributed by atoms with Gasteiger partial charge >= 0.3 is 0 Å². The van der Waals surface area contributed by atoms with Gasteiger partial charge < -0.3 is 9.15 Å². The molecule has 0 aliphatic carbocycles. The molecular formula is C20H28O3. The van der Waals surface area contributed by atoms with Crippen molar-refractivity contribution in [3.63, 3.8) is 0 Å². The van der Waals surface area contributed by atoms with E-state index < -0.39 is 0 Å². The summed E-state index contributed by atoms with van der Waals surface area (Å²) >= 11 is 0. The highest BCUT2D eigenvalue weighted by Crippen LogP contribution is 2.24. The van der Waals surface area contributed by atoms with Gasteiger partial charge in [-0.1, -0.05) is 43.7 Å². The zero-order chi connectivity index (χ0) is 17.6. The molecule has 0 amide bonds. The Morgan fingerprint density at radius 2 is 1.87 bits per heavy atom. The van der Waals surface area contributed by atoms with Crippen molar-refractivity contribution in [3.05, 3.63) is 57.0 Å². The van der Waals surface area contributed by atoms with Gasteiger partial charge in [0, 0.05) is 5.56 Å². The lowest BCUT2D eigenvalue weighted by Gasteiger charge is -2.09. The molecule has 0 bridgehead atoms. The van der Waals surface area contributed by atoms with Gasteiger partial charge in [0.05, 0.1) is 12.7 Å². The fourth-order valence-electron chi connectivity index (χ4n) is 2.32. The number of hydrogen-bond acceptors (Lipinski definition) is 3. The van der Waals surface area contributed by atoms with Crippen molar-refractivity contribution in [2.45, 2.75) is 48.0 Å². The van der Waals surface area contributed by atoms with E-state index in [1.807, 2.05) is 19.9 Å². The molecule has 0 N–H and O–H groups in total. The van der Waals surface area contributed by atoms with Crippen LogP contribution in [0.5, 0.6) is 5.95 Å². The van der Waals surface area contributed by atoms with Crippen molar-refractivity contribution in [2.75, 3.05) is 7.11 Å². The van der Waals surface area contributed by atoms with Gasteiger partial charge in [0.2, 0.25) is 0 Å². The molecule has 1 heterocycles. The first-order valence-electron chi connectivity index (χ1n) is 7.98. The minimum atomic E-state index is -0.0330. The van der Waals surface area contributed by atoms with E-state index in [9.17, 15) is 4.79 Å². The molecule has 0 saturated carbocycles. The smallest absolute Gasteiger partial charge is 0.291 e. The number of hydrogen-bond donors (Lipinski definition) is 0. The first-order chi connectivity index (χ1) is 10.8. The maximum absolute atomic E-state index is 12.2. The lowest BCUT2D eigenvalue weighted by molar-refractivity contribution is 0.288. The van der Waals surface area contributed by atoms with Crippen LogP contribution in [0.25, 0.3) is 5.57 Å². The highest BCUT2D eigenvalue weighted by Gasteiger charge is 2.15. The van der Waals surface area contributed by atoms with Crippen LogP contribution in [0.15, 0.2) is 39.1 Å². The Morgan fingerprint density at radius 1 is 1.22 bits per heavy atom. The standard InChI is InChI=1S/C20H28O3/c1-13(2)10-8-9-11-14(3)12-15(4)19-16(5)18(21)17(6)20(22-7)23-19/h8-9,11-13H,10H2,1-7H3/b9-8+,14-11+,15-12-. The summed E-state index contributed by atoms with van der Waals surface area (Å²) in [4.78, 5) is 12.2. The van der Waals surface area contributed by atoms with Gasteiger partial charge in [-0.3, -0.25) is 4.79 Å². The van der Waals surface area contributed by atoms with Crippen molar-refractivity contribution in [1.82, 2.24) is 0 Å². The van der Waals surface area contributed by atoms with E-state index in [0.717, 1.165) is 17.6 Å². The molecule has 0 unspecified atom stereocenters. The lowest BCUT2D eigenvalue weighted by atomic mass is 10.1. The fraction of sp³-hybridized carbons (Fsp3) is 0.450. The summed E-state index contributed by atoms with van der Waals surface area (Å²) in [5.41, 5.74) is 3.09. The first-order valence-corrected chi connectivity index (χ1v) is 7.98. The van der Waals surface area contributed by atoms with Crippen LogP contribution in [0, 0.1) is 19.8 Å². The van der Waals surface area contributed by atoms with Crippen LogP contribution < -0.4 is 10.2 Å². The van der Waals surface area contributed by atoms with Crippen LogP contribution in [0.3, 0.4) is 0 Å². The second-order valence-electron chi connectivity index (χ2n) is 6.30. The maximum Gasteiger partial charge on any atom is 0.291 e. The van der Waals surface area contributed by atoms with E-state index in [-0.39, 0.29) is 11.4 Å². The number of allylic oxidation sites excluding steroid dienone is 6. The van der Waals surface area contributed by atoms with Crippen LogP contribution in [0.1, 0.15) is 51.0 Å². The molecule has 1 aromatic heterocycles. The Bertz CT molecular complexity index is 686. The van der Waals surface area contributed by atoms with Crippen molar-refractivity contribution in [3.8, 4) is 5.95 Å². The van der Waals surface area contributed by atoms with Gasteiger partial charge in [0.1, 0.15) is 5.76 Å². The summed E-state index contributed by atoms with van der Waals surface area (Å²) in [7, 11) is 1.51. The third-order valence-corrected chi connectivity index (χ3v) is 3.61. The molecule has 0 atom stereocenters. The molecule has 0 aliphatic rings. The van der Waals surface area contributed by atoms with Crippen molar-refractivity contribution >= 4 is 5.57 Å². The summed E-state index contributed by atoms with van der Waals surface area (Å²) in [6, 6.07) is 0. The zero-order valence-electron chi connectivity index (χ0n) is 15.3. The van der Waals surface area contributed by atoms with Crippen molar-refractivity contribution in [1.29, 1.82) is 0 Å². The predicted molar refractivity (Wildman–Crippen MR) is 97.0 cm³/mol. The van der Waals surface area contributed by atoms with E-state index in [0.29, 0.717) is 22.8 Å². The second-order valence-corrected chi connectivity index (χ2v) is 6.30. The Balaban J connectivity index is 3.11. The Labute approximate surface area is 139 Å². The first kappa shape index (κ1) is 19.0. The minimum absolute atomic E-state index is 0.0330. The van der Waals surface area contributed by atoms with Crippen molar-refractivity contribution in [2.24, 2.45) is 5.92 Å². The van der Waals surface area contributed by atoms with E-state index >= 15 is 0 Å². The van der Waals surface area contributed by atoms with E-state index in [2.05, 4.69) is 32.1 Å². The summed E-state index contributed by atoms with van der Waals surface area (Å²) in [5.74, 6) is 1.52. The maximum atomic E-state index is 12.2. The summed E-state index contributed by atoms with van der Waals surface area (Å²) in [6.45, 7) is 11.9. The molecule has 0 aromatic carbocycles. The molecule has 1 aromatic rings. The topological polar surface area (TPSA) is 39.4 Å². The Morgan fingerprint density at radius 3 is 2.43 bits per heavy atom. The molecule has 0 spiro atoms. The SMILES string of the molecule is COc1oc(\C(C)=C/C(C)=C/C=C/CC(C)C)c(C)c(=O)c1C. The van der Waals surface area contributed by atoms with Crippen LogP contribution in [0.4, 0.5) is 0 Å². The molecule has 1 rings (SSSR count). The number of methoxy groups -OCH3 is 1. The van der Waals surface area contributed by atoms with E-state index in [1.165, 1.54) is 7.11 Å². The minimum Gasteiger partial charge on any atom is -0.468 e. The van der Waals surface area contributed by atoms with Gasteiger partial charge in [-0.2, -0.15) is 0 Å². The summed E-state index contributed by atoms with van der Waals surface area (Å²) < 4.78 is 10.9. The average molecular weight is 316 g/mol. The molecule has 0 radical (unpaired) electrons. The quantitative estimate of drug-likeness (QED) is 0.676. The summed E-state index contributed by atoms with van der Waals surface area (Å²) in [5, 5.41) is 0. The molecule has 0 aliphatic heterocycles.